The minimum atomic E-state index is -0.345. The lowest BCUT2D eigenvalue weighted by Crippen LogP contribution is -2.33. The van der Waals surface area contributed by atoms with Gasteiger partial charge in [0.05, 0.1) is 6.54 Å². The Hall–Kier alpha value is -2.87. The summed E-state index contributed by atoms with van der Waals surface area (Å²) in [4.78, 5) is 37.9. The number of nitrogens with one attached hydrogen (secondary N) is 3. The molecule has 4 amide bonds. The summed E-state index contributed by atoms with van der Waals surface area (Å²) >= 11 is 3.41. The summed E-state index contributed by atoms with van der Waals surface area (Å²) in [6.45, 7) is 4.84. The summed E-state index contributed by atoms with van der Waals surface area (Å²) in [5, 5.41) is 8.12. The minimum absolute atomic E-state index is 0.136. The van der Waals surface area contributed by atoms with Crippen molar-refractivity contribution in [2.45, 2.75) is 13.8 Å². The quantitative estimate of drug-likeness (QED) is 0.661. The molecule has 146 valence electrons. The molecule has 3 rings (SSSR count). The molecule has 1 fully saturated rings. The predicted octanol–water partition coefficient (Wildman–Crippen LogP) is 2.96. The molecule has 8 heteroatoms. The van der Waals surface area contributed by atoms with Gasteiger partial charge in [-0.1, -0.05) is 15.9 Å². The first-order valence-electron chi connectivity index (χ1n) is 8.85. The highest BCUT2D eigenvalue weighted by atomic mass is 79.9. The fraction of sp³-hybridized carbons (Fsp3) is 0.250. The fourth-order valence-corrected chi connectivity index (χ4v) is 3.24. The van der Waals surface area contributed by atoms with Gasteiger partial charge in [0, 0.05) is 34.5 Å². The molecule has 0 aliphatic carbocycles. The van der Waals surface area contributed by atoms with Gasteiger partial charge in [-0.05, 0) is 61.4 Å². The van der Waals surface area contributed by atoms with Crippen molar-refractivity contribution in [1.29, 1.82) is 0 Å². The van der Waals surface area contributed by atoms with Gasteiger partial charge >= 0.3 is 6.03 Å². The number of hydrogen-bond donors (Lipinski definition) is 3. The third-order valence-corrected chi connectivity index (χ3v) is 5.35. The molecule has 0 atom stereocenters. The number of amides is 4. The number of hydrogen-bond acceptors (Lipinski definition) is 3. The molecule has 7 nitrogen and oxygen atoms in total. The van der Waals surface area contributed by atoms with E-state index in [-0.39, 0.29) is 24.4 Å². The van der Waals surface area contributed by atoms with Gasteiger partial charge in [0.2, 0.25) is 5.91 Å². The molecule has 1 heterocycles. The van der Waals surface area contributed by atoms with Crippen molar-refractivity contribution in [2.24, 2.45) is 0 Å². The second kappa shape index (κ2) is 8.43. The normalized spacial score (nSPS) is 13.2. The van der Waals surface area contributed by atoms with Crippen LogP contribution in [0, 0.1) is 13.8 Å². The second-order valence-electron chi connectivity index (χ2n) is 6.58. The largest absolute Gasteiger partial charge is 0.343 e. The van der Waals surface area contributed by atoms with Gasteiger partial charge in [-0.25, -0.2) is 4.79 Å². The maximum atomic E-state index is 12.4. The van der Waals surface area contributed by atoms with Crippen molar-refractivity contribution < 1.29 is 14.4 Å². The molecule has 0 radical (unpaired) electrons. The summed E-state index contributed by atoms with van der Waals surface area (Å²) in [5.74, 6) is -0.653. The Morgan fingerprint density at radius 1 is 1.14 bits per heavy atom. The lowest BCUT2D eigenvalue weighted by Gasteiger charge is -2.17. The van der Waals surface area contributed by atoms with Crippen LogP contribution in [0.15, 0.2) is 40.9 Å². The van der Waals surface area contributed by atoms with Gasteiger partial charge in [0.1, 0.15) is 0 Å². The van der Waals surface area contributed by atoms with Crippen LogP contribution < -0.4 is 20.9 Å². The van der Waals surface area contributed by atoms with Crippen LogP contribution in [-0.4, -0.2) is 37.5 Å². The number of urea groups is 1. The highest BCUT2D eigenvalue weighted by Gasteiger charge is 2.23. The average Bonchev–Trinajstić information content (AvgIpc) is 3.08. The van der Waals surface area contributed by atoms with E-state index < -0.39 is 0 Å². The summed E-state index contributed by atoms with van der Waals surface area (Å²) in [7, 11) is 0. The van der Waals surface area contributed by atoms with Crippen molar-refractivity contribution in [3.05, 3.63) is 57.6 Å². The molecule has 0 unspecified atom stereocenters. The minimum Gasteiger partial charge on any atom is -0.343 e. The molecule has 3 N–H and O–H groups in total. The molecule has 2 aromatic carbocycles. The third-order valence-electron chi connectivity index (χ3n) is 4.46. The number of carbonyl (C=O) groups excluding carboxylic acids is 3. The van der Waals surface area contributed by atoms with Crippen LogP contribution >= 0.6 is 15.9 Å². The van der Waals surface area contributed by atoms with Gasteiger partial charge in [0.25, 0.3) is 5.91 Å². The Balaban J connectivity index is 1.58. The zero-order chi connectivity index (χ0) is 20.3. The molecule has 0 spiro atoms. The standard InChI is InChI=1S/C20H21BrN4O3/c1-12-10-15(4-5-16(12)21)24-18(26)11-23-19(27)14-3-6-17(13(2)9-14)25-8-7-22-20(25)28/h3-6,9-10H,7-8,11H2,1-2H3,(H,22,28)(H,23,27)(H,24,26). The number of carbonyl (C=O) groups is 3. The topological polar surface area (TPSA) is 90.5 Å². The Labute approximate surface area is 171 Å². The van der Waals surface area contributed by atoms with E-state index in [0.717, 1.165) is 21.3 Å². The highest BCUT2D eigenvalue weighted by Crippen LogP contribution is 2.23. The maximum absolute atomic E-state index is 12.4. The SMILES string of the molecule is Cc1cc(NC(=O)CNC(=O)c2ccc(N3CCNC3=O)c(C)c2)ccc1Br. The number of benzene rings is 2. The number of halogens is 1. The molecule has 1 aliphatic heterocycles. The summed E-state index contributed by atoms with van der Waals surface area (Å²) in [5.41, 5.74) is 3.70. The summed E-state index contributed by atoms with van der Waals surface area (Å²) in [6, 6.07) is 10.5. The highest BCUT2D eigenvalue weighted by molar-refractivity contribution is 9.10. The van der Waals surface area contributed by atoms with E-state index in [0.29, 0.717) is 24.3 Å². The Morgan fingerprint density at radius 3 is 2.57 bits per heavy atom. The van der Waals surface area contributed by atoms with E-state index in [9.17, 15) is 14.4 Å². The zero-order valence-electron chi connectivity index (χ0n) is 15.6. The lowest BCUT2D eigenvalue weighted by atomic mass is 10.1. The molecule has 1 aliphatic rings. The van der Waals surface area contributed by atoms with E-state index >= 15 is 0 Å². The van der Waals surface area contributed by atoms with Gasteiger partial charge < -0.3 is 16.0 Å². The van der Waals surface area contributed by atoms with Gasteiger partial charge in [0.15, 0.2) is 0 Å². The first-order chi connectivity index (χ1) is 13.3. The summed E-state index contributed by atoms with van der Waals surface area (Å²) < 4.78 is 0.962. The molecule has 2 aromatic rings. The van der Waals surface area contributed by atoms with Crippen LogP contribution in [0.1, 0.15) is 21.5 Å². The van der Waals surface area contributed by atoms with Crippen molar-refractivity contribution in [2.75, 3.05) is 29.9 Å². The van der Waals surface area contributed by atoms with Crippen molar-refractivity contribution in [3.8, 4) is 0 Å². The van der Waals surface area contributed by atoms with Crippen molar-refractivity contribution in [1.82, 2.24) is 10.6 Å². The third kappa shape index (κ3) is 4.51. The second-order valence-corrected chi connectivity index (χ2v) is 7.43. The monoisotopic (exact) mass is 444 g/mol. The van der Waals surface area contributed by atoms with E-state index in [1.165, 1.54) is 0 Å². The van der Waals surface area contributed by atoms with E-state index in [1.54, 1.807) is 29.2 Å². The van der Waals surface area contributed by atoms with Crippen LogP contribution in [0.2, 0.25) is 0 Å². The van der Waals surface area contributed by atoms with Crippen LogP contribution in [0.5, 0.6) is 0 Å². The van der Waals surface area contributed by atoms with Gasteiger partial charge in [-0.2, -0.15) is 0 Å². The Morgan fingerprint density at radius 2 is 1.93 bits per heavy atom. The van der Waals surface area contributed by atoms with E-state index in [1.807, 2.05) is 26.0 Å². The molecule has 28 heavy (non-hydrogen) atoms. The zero-order valence-corrected chi connectivity index (χ0v) is 17.2. The molecule has 0 bridgehead atoms. The van der Waals surface area contributed by atoms with Crippen LogP contribution in [0.3, 0.4) is 0 Å². The Kier molecular flexibility index (Phi) is 5.99. The van der Waals surface area contributed by atoms with Crippen LogP contribution in [0.25, 0.3) is 0 Å². The van der Waals surface area contributed by atoms with Crippen LogP contribution in [0.4, 0.5) is 16.2 Å². The van der Waals surface area contributed by atoms with Gasteiger partial charge in [-0.15, -0.1) is 0 Å². The van der Waals surface area contributed by atoms with Crippen molar-refractivity contribution >= 4 is 45.2 Å². The number of rotatable bonds is 5. The Bertz CT molecular complexity index is 945. The van der Waals surface area contributed by atoms with E-state index in [4.69, 9.17) is 0 Å². The molecular weight excluding hydrogens is 424 g/mol. The number of aryl methyl sites for hydroxylation is 2. The molecule has 0 aromatic heterocycles. The smallest absolute Gasteiger partial charge is 0.322 e. The van der Waals surface area contributed by atoms with Crippen LogP contribution in [-0.2, 0) is 4.79 Å². The molecule has 0 saturated carbocycles. The number of nitrogens with zero attached hydrogens (tertiary/aromatic N) is 1. The summed E-state index contributed by atoms with van der Waals surface area (Å²) in [6.07, 6.45) is 0. The molecule has 1 saturated heterocycles. The first kappa shape index (κ1) is 19.9. The van der Waals surface area contributed by atoms with E-state index in [2.05, 4.69) is 31.9 Å². The average molecular weight is 445 g/mol. The molecular formula is C20H21BrN4O3. The van der Waals surface area contributed by atoms with Gasteiger partial charge in [-0.3, -0.25) is 14.5 Å². The predicted molar refractivity (Wildman–Crippen MR) is 112 cm³/mol. The maximum Gasteiger partial charge on any atom is 0.322 e. The van der Waals surface area contributed by atoms with Crippen molar-refractivity contribution in [3.63, 3.8) is 0 Å². The number of anilines is 2. The lowest BCUT2D eigenvalue weighted by molar-refractivity contribution is -0.115. The fourth-order valence-electron chi connectivity index (χ4n) is 2.99. The first-order valence-corrected chi connectivity index (χ1v) is 9.64.